The van der Waals surface area contributed by atoms with Crippen LogP contribution in [0.3, 0.4) is 0 Å². The van der Waals surface area contributed by atoms with Crippen LogP contribution in [-0.2, 0) is 13.6 Å². The summed E-state index contributed by atoms with van der Waals surface area (Å²) in [6.45, 7) is 4.80. The molecule has 3 aromatic rings. The van der Waals surface area contributed by atoms with Crippen LogP contribution in [0.5, 0.6) is 5.75 Å². The summed E-state index contributed by atoms with van der Waals surface area (Å²) < 4.78 is 9.16. The molecule has 0 saturated carbocycles. The summed E-state index contributed by atoms with van der Waals surface area (Å²) in [6.07, 6.45) is 1.91. The molecule has 3 rings (SSSR count). The molecule has 0 radical (unpaired) electrons. The maximum atomic E-state index is 12.5. The Bertz CT molecular complexity index is 910. The Morgan fingerprint density at radius 2 is 1.77 bits per heavy atom. The number of carbonyl (C=O) groups is 1. The number of ether oxygens (including phenoxy) is 1. The summed E-state index contributed by atoms with van der Waals surface area (Å²) in [7, 11) is 1.90. The number of ketones is 1. The van der Waals surface area contributed by atoms with E-state index in [1.165, 1.54) is 0 Å². The summed E-state index contributed by atoms with van der Waals surface area (Å²) in [6, 6.07) is 15.4. The van der Waals surface area contributed by atoms with Gasteiger partial charge in [0.2, 0.25) is 0 Å². The number of imidazole rings is 1. The number of nitrogens with two attached hydrogens (primary N) is 1. The van der Waals surface area contributed by atoms with Crippen LogP contribution in [0.2, 0.25) is 0 Å². The molecule has 134 valence electrons. The highest BCUT2D eigenvalue weighted by molar-refractivity contribution is 5.95. The maximum Gasteiger partial charge on any atom is 0.355 e. The number of hydrogen-bond donors (Lipinski definition) is 1. The summed E-state index contributed by atoms with van der Waals surface area (Å²) in [5.74, 6) is 1.40. The molecule has 0 aliphatic carbocycles. The van der Waals surface area contributed by atoms with E-state index in [0.717, 1.165) is 22.6 Å². The summed E-state index contributed by atoms with van der Waals surface area (Å²) in [4.78, 5) is 12.5. The third-order valence-corrected chi connectivity index (χ3v) is 4.43. The second-order valence-electron chi connectivity index (χ2n) is 6.31. The van der Waals surface area contributed by atoms with Crippen LogP contribution >= 0.6 is 0 Å². The van der Waals surface area contributed by atoms with Gasteiger partial charge in [0.05, 0.1) is 13.7 Å². The lowest BCUT2D eigenvalue weighted by Crippen LogP contribution is -2.39. The van der Waals surface area contributed by atoms with Gasteiger partial charge in [-0.3, -0.25) is 10.5 Å². The van der Waals surface area contributed by atoms with Gasteiger partial charge in [-0.05, 0) is 38.1 Å². The van der Waals surface area contributed by atoms with Gasteiger partial charge >= 0.3 is 5.95 Å². The molecule has 5 nitrogen and oxygen atoms in total. The van der Waals surface area contributed by atoms with Gasteiger partial charge in [0, 0.05) is 11.1 Å². The van der Waals surface area contributed by atoms with Crippen molar-refractivity contribution in [3.8, 4) is 17.0 Å². The minimum absolute atomic E-state index is 0.0329. The van der Waals surface area contributed by atoms with Crippen molar-refractivity contribution in [1.82, 2.24) is 4.57 Å². The monoisotopic (exact) mass is 350 g/mol. The zero-order valence-corrected chi connectivity index (χ0v) is 15.4. The first-order valence-electron chi connectivity index (χ1n) is 8.67. The van der Waals surface area contributed by atoms with E-state index in [-0.39, 0.29) is 12.3 Å². The number of carbonyl (C=O) groups excluding carboxylic acids is 1. The van der Waals surface area contributed by atoms with E-state index in [1.807, 2.05) is 80.2 Å². The number of Topliss-reactive ketones (excluding diaryl/α,β-unsaturated/α-hetero) is 1. The van der Waals surface area contributed by atoms with Crippen molar-refractivity contribution in [1.29, 1.82) is 0 Å². The molecule has 0 aliphatic rings. The van der Waals surface area contributed by atoms with Crippen molar-refractivity contribution in [3.05, 3.63) is 65.9 Å². The lowest BCUT2D eigenvalue weighted by molar-refractivity contribution is -0.667. The molecule has 0 unspecified atom stereocenters. The zero-order chi connectivity index (χ0) is 18.7. The molecule has 2 N–H and O–H groups in total. The van der Waals surface area contributed by atoms with Crippen LogP contribution in [-0.4, -0.2) is 17.0 Å². The second-order valence-corrected chi connectivity index (χ2v) is 6.31. The molecule has 1 aromatic heterocycles. The Hall–Kier alpha value is -3.08. The van der Waals surface area contributed by atoms with Crippen LogP contribution in [0, 0.1) is 6.92 Å². The van der Waals surface area contributed by atoms with E-state index in [0.29, 0.717) is 18.1 Å². The Kier molecular flexibility index (Phi) is 5.07. The number of aryl methyl sites for hydroxylation is 1. The Labute approximate surface area is 153 Å². The molecule has 0 aliphatic heterocycles. The fourth-order valence-electron chi connectivity index (χ4n) is 2.89. The van der Waals surface area contributed by atoms with Crippen molar-refractivity contribution in [2.75, 3.05) is 12.3 Å². The zero-order valence-electron chi connectivity index (χ0n) is 15.4. The molecular weight excluding hydrogens is 326 g/mol. The fraction of sp³-hybridized carbons (Fsp3) is 0.238. The Balaban J connectivity index is 1.85. The van der Waals surface area contributed by atoms with Gasteiger partial charge in [-0.25, -0.2) is 9.13 Å². The van der Waals surface area contributed by atoms with Crippen LogP contribution in [0.25, 0.3) is 11.3 Å². The molecule has 2 aromatic carbocycles. The summed E-state index contributed by atoms with van der Waals surface area (Å²) >= 11 is 0. The number of nitrogens with zero attached hydrogens (tertiary/aromatic N) is 2. The van der Waals surface area contributed by atoms with Crippen molar-refractivity contribution in [2.24, 2.45) is 7.05 Å². The minimum atomic E-state index is 0.0329. The summed E-state index contributed by atoms with van der Waals surface area (Å²) in [5, 5.41) is 0. The van der Waals surface area contributed by atoms with Gasteiger partial charge in [-0.1, -0.05) is 29.8 Å². The number of rotatable bonds is 6. The SMILES string of the molecule is CCOc1ccc(-c2c[n+](CC(=O)c3ccc(C)cc3)c(N)n2C)cc1. The first-order valence-corrected chi connectivity index (χ1v) is 8.67. The van der Waals surface area contributed by atoms with Gasteiger partial charge in [0.1, 0.15) is 24.2 Å². The third-order valence-electron chi connectivity index (χ3n) is 4.43. The largest absolute Gasteiger partial charge is 0.494 e. The molecule has 26 heavy (non-hydrogen) atoms. The van der Waals surface area contributed by atoms with Crippen LogP contribution in [0.1, 0.15) is 22.8 Å². The van der Waals surface area contributed by atoms with Crippen molar-refractivity contribution < 1.29 is 14.1 Å². The van der Waals surface area contributed by atoms with Crippen molar-refractivity contribution >= 4 is 11.7 Å². The molecule has 0 fully saturated rings. The maximum absolute atomic E-state index is 12.5. The van der Waals surface area contributed by atoms with Crippen LogP contribution in [0.4, 0.5) is 5.95 Å². The van der Waals surface area contributed by atoms with Crippen molar-refractivity contribution in [3.63, 3.8) is 0 Å². The molecule has 0 amide bonds. The second kappa shape index (κ2) is 7.44. The highest BCUT2D eigenvalue weighted by Gasteiger charge is 2.20. The fourth-order valence-corrected chi connectivity index (χ4v) is 2.89. The van der Waals surface area contributed by atoms with Gasteiger partial charge in [0.25, 0.3) is 0 Å². The van der Waals surface area contributed by atoms with Crippen LogP contribution in [0.15, 0.2) is 54.7 Å². The molecule has 1 heterocycles. The normalized spacial score (nSPS) is 10.7. The van der Waals surface area contributed by atoms with E-state index in [4.69, 9.17) is 10.5 Å². The minimum Gasteiger partial charge on any atom is -0.494 e. The van der Waals surface area contributed by atoms with Gasteiger partial charge in [-0.2, -0.15) is 0 Å². The first-order chi connectivity index (χ1) is 12.5. The average molecular weight is 350 g/mol. The highest BCUT2D eigenvalue weighted by Crippen LogP contribution is 2.23. The predicted octanol–water partition coefficient (Wildman–Crippen LogP) is 3.15. The molecule has 0 saturated heterocycles. The quantitative estimate of drug-likeness (QED) is 0.549. The Morgan fingerprint density at radius 1 is 1.12 bits per heavy atom. The van der Waals surface area contributed by atoms with Gasteiger partial charge in [0.15, 0.2) is 5.78 Å². The average Bonchev–Trinajstić information content (AvgIpc) is 2.92. The molecule has 5 heteroatoms. The van der Waals surface area contributed by atoms with Gasteiger partial charge in [-0.15, -0.1) is 0 Å². The highest BCUT2D eigenvalue weighted by atomic mass is 16.5. The van der Waals surface area contributed by atoms with Crippen molar-refractivity contribution in [2.45, 2.75) is 20.4 Å². The summed E-state index contributed by atoms with van der Waals surface area (Å²) in [5.41, 5.74) is 10.0. The van der Waals surface area contributed by atoms with Crippen LogP contribution < -0.4 is 15.0 Å². The number of aromatic nitrogens is 2. The lowest BCUT2D eigenvalue weighted by Gasteiger charge is -2.03. The van der Waals surface area contributed by atoms with E-state index in [2.05, 4.69) is 0 Å². The number of anilines is 1. The number of benzene rings is 2. The predicted molar refractivity (Wildman–Crippen MR) is 102 cm³/mol. The van der Waals surface area contributed by atoms with E-state index < -0.39 is 0 Å². The molecule has 0 bridgehead atoms. The third kappa shape index (κ3) is 3.61. The molecule has 0 atom stereocenters. The van der Waals surface area contributed by atoms with E-state index in [9.17, 15) is 4.79 Å². The topological polar surface area (TPSA) is 61.1 Å². The smallest absolute Gasteiger partial charge is 0.355 e. The lowest BCUT2D eigenvalue weighted by atomic mass is 10.1. The first kappa shape index (κ1) is 17.7. The molecule has 0 spiro atoms. The van der Waals surface area contributed by atoms with Gasteiger partial charge < -0.3 is 4.74 Å². The Morgan fingerprint density at radius 3 is 2.38 bits per heavy atom. The van der Waals surface area contributed by atoms with E-state index in [1.54, 1.807) is 4.57 Å². The standard InChI is InChI=1S/C21H23N3O2/c1-4-26-18-11-9-16(10-12-18)19-13-24(21(22)23(19)3)14-20(25)17-7-5-15(2)6-8-17/h5-13,22H,4,14H2,1-3H3/p+1. The molecular formula is C21H24N3O2+. The number of nitrogen functional groups attached to an aromatic ring is 1. The van der Waals surface area contributed by atoms with E-state index >= 15 is 0 Å². The number of hydrogen-bond acceptors (Lipinski definition) is 3.